The summed E-state index contributed by atoms with van der Waals surface area (Å²) in [7, 11) is 1.01. The van der Waals surface area contributed by atoms with Gasteiger partial charge in [0.25, 0.3) is 8.53 Å². The monoisotopic (exact) mass is 243 g/mol. The average Bonchev–Trinajstić information content (AvgIpc) is 2.71. The molecular weight excluding hydrogens is 221 g/mol. The van der Waals surface area contributed by atoms with Crippen molar-refractivity contribution in [3.05, 3.63) is 0 Å². The minimum absolute atomic E-state index is 0.237. The summed E-state index contributed by atoms with van der Waals surface area (Å²) in [6.45, 7) is 4.59. The summed E-state index contributed by atoms with van der Waals surface area (Å²) in [6.07, 6.45) is 7.19. The van der Waals surface area contributed by atoms with E-state index in [9.17, 15) is 0 Å². The van der Waals surface area contributed by atoms with E-state index in [-0.39, 0.29) is 5.54 Å². The Bertz CT molecular complexity index is 288. The van der Waals surface area contributed by atoms with Gasteiger partial charge in [-0.15, -0.1) is 0 Å². The largest absolute Gasteiger partial charge is 0.325 e. The van der Waals surface area contributed by atoms with Crippen LogP contribution >= 0.6 is 8.53 Å². The molecule has 16 heavy (non-hydrogen) atoms. The Labute approximate surface area is 99.5 Å². The number of rotatable bonds is 1. The molecule has 0 aromatic rings. The van der Waals surface area contributed by atoms with E-state index in [2.05, 4.69) is 18.5 Å². The third-order valence-electron chi connectivity index (χ3n) is 4.84. The maximum absolute atomic E-state index is 6.00. The maximum atomic E-state index is 6.00. The van der Waals surface area contributed by atoms with Crippen molar-refractivity contribution in [1.82, 2.24) is 4.67 Å². The Balaban J connectivity index is 1.91. The lowest BCUT2D eigenvalue weighted by Crippen LogP contribution is -2.43. The first-order valence-corrected chi connectivity index (χ1v) is 7.60. The van der Waals surface area contributed by atoms with E-state index < -0.39 is 8.53 Å². The highest BCUT2D eigenvalue weighted by Gasteiger charge is 2.60. The summed E-state index contributed by atoms with van der Waals surface area (Å²) in [4.78, 5) is 0. The molecule has 0 spiro atoms. The first-order valence-electron chi connectivity index (χ1n) is 6.47. The molecule has 2 aliphatic heterocycles. The molecule has 1 aliphatic carbocycles. The molecule has 3 nitrogen and oxygen atoms in total. The lowest BCUT2D eigenvalue weighted by atomic mass is 9.82. The second-order valence-electron chi connectivity index (χ2n) is 5.69. The van der Waals surface area contributed by atoms with Gasteiger partial charge in [-0.25, -0.2) is 4.67 Å². The van der Waals surface area contributed by atoms with Gasteiger partial charge in [0.1, 0.15) is 0 Å². The molecule has 3 rings (SSSR count). The molecule has 2 saturated heterocycles. The van der Waals surface area contributed by atoms with Gasteiger partial charge in [-0.3, -0.25) is 0 Å². The number of fused-ring (bicyclic) bond motifs is 3. The first kappa shape index (κ1) is 11.4. The highest BCUT2D eigenvalue weighted by molar-refractivity contribution is 7.45. The van der Waals surface area contributed by atoms with Crippen LogP contribution in [0.2, 0.25) is 0 Å². The minimum Gasteiger partial charge on any atom is -0.325 e. The summed E-state index contributed by atoms with van der Waals surface area (Å²) < 4.78 is 14.2. The van der Waals surface area contributed by atoms with Gasteiger partial charge < -0.3 is 9.05 Å². The maximum Gasteiger partial charge on any atom is 0.259 e. The molecular formula is C12H22NO2P. The predicted octanol–water partition coefficient (Wildman–Crippen LogP) is 3.30. The van der Waals surface area contributed by atoms with Gasteiger partial charge in [-0.05, 0) is 39.0 Å². The predicted molar refractivity (Wildman–Crippen MR) is 65.1 cm³/mol. The molecule has 5 atom stereocenters. The molecule has 92 valence electrons. The second kappa shape index (κ2) is 3.91. The number of hydrogen-bond donors (Lipinski definition) is 0. The fraction of sp³-hybridized carbons (Fsp3) is 1.00. The van der Waals surface area contributed by atoms with Crippen molar-refractivity contribution in [2.45, 2.75) is 63.6 Å². The lowest BCUT2D eigenvalue weighted by molar-refractivity contribution is 0.143. The van der Waals surface area contributed by atoms with Crippen molar-refractivity contribution in [3.8, 4) is 0 Å². The van der Waals surface area contributed by atoms with Gasteiger partial charge in [0.15, 0.2) is 0 Å². The molecule has 1 saturated carbocycles. The van der Waals surface area contributed by atoms with Crippen LogP contribution in [-0.4, -0.2) is 29.5 Å². The van der Waals surface area contributed by atoms with E-state index in [1.807, 2.05) is 0 Å². The first-order chi connectivity index (χ1) is 7.66. The molecule has 0 aromatic heterocycles. The van der Waals surface area contributed by atoms with E-state index in [0.29, 0.717) is 6.10 Å². The summed E-state index contributed by atoms with van der Waals surface area (Å²) in [5, 5.41) is 0. The Kier molecular flexibility index (Phi) is 2.79. The van der Waals surface area contributed by atoms with Gasteiger partial charge in [-0.2, -0.15) is 0 Å². The van der Waals surface area contributed by atoms with Crippen LogP contribution in [-0.2, 0) is 9.05 Å². The van der Waals surface area contributed by atoms with E-state index in [4.69, 9.17) is 9.05 Å². The fourth-order valence-electron chi connectivity index (χ4n) is 3.84. The minimum atomic E-state index is -0.782. The molecule has 0 amide bonds. The van der Waals surface area contributed by atoms with E-state index in [1.165, 1.54) is 32.1 Å². The smallest absolute Gasteiger partial charge is 0.259 e. The normalized spacial score (nSPS) is 52.7. The van der Waals surface area contributed by atoms with Crippen LogP contribution in [0.25, 0.3) is 0 Å². The number of nitrogens with zero attached hydrogens (tertiary/aromatic N) is 1. The molecule has 3 fully saturated rings. The Morgan fingerprint density at radius 2 is 2.12 bits per heavy atom. The van der Waals surface area contributed by atoms with Crippen LogP contribution in [0.15, 0.2) is 0 Å². The Morgan fingerprint density at radius 1 is 1.38 bits per heavy atom. The highest BCUT2D eigenvalue weighted by atomic mass is 31.2. The zero-order valence-corrected chi connectivity index (χ0v) is 11.4. The topological polar surface area (TPSA) is 21.7 Å². The molecule has 0 bridgehead atoms. The second-order valence-corrected chi connectivity index (χ2v) is 7.17. The van der Waals surface area contributed by atoms with Crippen LogP contribution in [0.1, 0.15) is 46.0 Å². The molecule has 2 unspecified atom stereocenters. The van der Waals surface area contributed by atoms with Gasteiger partial charge in [-0.1, -0.05) is 12.8 Å². The third kappa shape index (κ3) is 1.42. The molecule has 0 aromatic carbocycles. The molecule has 3 aliphatic rings. The summed E-state index contributed by atoms with van der Waals surface area (Å²) >= 11 is 0. The Morgan fingerprint density at radius 3 is 2.88 bits per heavy atom. The van der Waals surface area contributed by atoms with Crippen LogP contribution in [0.5, 0.6) is 0 Å². The van der Waals surface area contributed by atoms with Gasteiger partial charge in [0, 0.05) is 13.2 Å². The lowest BCUT2D eigenvalue weighted by Gasteiger charge is -2.34. The van der Waals surface area contributed by atoms with Gasteiger partial charge in [0.2, 0.25) is 0 Å². The summed E-state index contributed by atoms with van der Waals surface area (Å²) in [5.74, 6) is 0.894. The number of hydrogen-bond acceptors (Lipinski definition) is 3. The van der Waals surface area contributed by atoms with E-state index in [1.54, 1.807) is 7.11 Å². The molecule has 2 heterocycles. The molecule has 0 radical (unpaired) electrons. The van der Waals surface area contributed by atoms with Crippen molar-refractivity contribution >= 4 is 8.53 Å². The van der Waals surface area contributed by atoms with Crippen molar-refractivity contribution in [3.63, 3.8) is 0 Å². The quantitative estimate of drug-likeness (QED) is 0.659. The van der Waals surface area contributed by atoms with Crippen molar-refractivity contribution in [1.29, 1.82) is 0 Å². The summed E-state index contributed by atoms with van der Waals surface area (Å²) in [6, 6.07) is 0.731. The molecule has 4 heteroatoms. The third-order valence-corrected chi connectivity index (χ3v) is 6.75. The summed E-state index contributed by atoms with van der Waals surface area (Å²) in [5.41, 5.74) is 0.237. The molecule has 0 N–H and O–H groups in total. The van der Waals surface area contributed by atoms with E-state index >= 15 is 0 Å². The van der Waals surface area contributed by atoms with Crippen molar-refractivity contribution in [2.75, 3.05) is 7.11 Å². The van der Waals surface area contributed by atoms with Crippen LogP contribution < -0.4 is 0 Å². The van der Waals surface area contributed by atoms with Crippen LogP contribution in [0.4, 0.5) is 0 Å². The zero-order chi connectivity index (χ0) is 11.3. The zero-order valence-electron chi connectivity index (χ0n) is 10.5. The van der Waals surface area contributed by atoms with Gasteiger partial charge >= 0.3 is 0 Å². The highest BCUT2D eigenvalue weighted by Crippen LogP contribution is 2.65. The van der Waals surface area contributed by atoms with Crippen molar-refractivity contribution in [2.24, 2.45) is 5.92 Å². The Hall–Kier alpha value is 0.310. The SMILES string of the molecule is COP1OC(C)[C@@]2(C)C[C@H]3CCCC[C@H]3N12. The van der Waals surface area contributed by atoms with Crippen molar-refractivity contribution < 1.29 is 9.05 Å². The standard InChI is InChI=1S/C12H22NO2P/c1-9-12(2)8-10-6-4-5-7-11(10)13(12)16(14-3)15-9/h9-11H,4-8H2,1-3H3/t9?,10-,11-,12-,16?/m1/s1. The van der Waals surface area contributed by atoms with Crippen LogP contribution in [0.3, 0.4) is 0 Å². The van der Waals surface area contributed by atoms with E-state index in [0.717, 1.165) is 12.0 Å². The van der Waals surface area contributed by atoms with Crippen LogP contribution in [0, 0.1) is 5.92 Å². The fourth-order valence-corrected chi connectivity index (χ4v) is 5.87. The average molecular weight is 243 g/mol. The van der Waals surface area contributed by atoms with Gasteiger partial charge in [0.05, 0.1) is 11.6 Å².